The van der Waals surface area contributed by atoms with Crippen molar-refractivity contribution in [3.8, 4) is 11.5 Å². The molecule has 0 N–H and O–H groups in total. The molecule has 0 atom stereocenters. The van der Waals surface area contributed by atoms with Gasteiger partial charge in [-0.15, -0.1) is 0 Å². The first kappa shape index (κ1) is 25.0. The lowest BCUT2D eigenvalue weighted by molar-refractivity contribution is 0.0778. The predicted octanol–water partition coefficient (Wildman–Crippen LogP) is 2.27. The third-order valence-corrected chi connectivity index (χ3v) is 6.00. The molecule has 1 amide bonds. The fourth-order valence-electron chi connectivity index (χ4n) is 3.07. The standard InChI is InChI=1S/C24H27N3O6S/c1-26(14-7-16-32-20-10-6-11-21(18-20)34(2,30)31)24(29)22-12-13-23(28)27(25-22)15-17-33-19-8-4-3-5-9-19/h3-6,8-13,18H,7,14-17H2,1-2H3. The normalized spacial score (nSPS) is 11.1. The maximum atomic E-state index is 12.7. The highest BCUT2D eigenvalue weighted by Crippen LogP contribution is 2.17. The van der Waals surface area contributed by atoms with Gasteiger partial charge in [0, 0.05) is 25.9 Å². The number of hydrogen-bond donors (Lipinski definition) is 0. The Hall–Kier alpha value is -3.66. The minimum atomic E-state index is -3.31. The van der Waals surface area contributed by atoms with E-state index in [2.05, 4.69) is 5.10 Å². The first-order chi connectivity index (χ1) is 16.2. The molecule has 0 unspecified atom stereocenters. The van der Waals surface area contributed by atoms with Crippen LogP contribution < -0.4 is 15.0 Å². The summed E-state index contributed by atoms with van der Waals surface area (Å²) in [5.41, 5.74) is -0.163. The van der Waals surface area contributed by atoms with Crippen molar-refractivity contribution < 1.29 is 22.7 Å². The molecule has 0 aliphatic carbocycles. The number of nitrogens with zero attached hydrogens (tertiary/aromatic N) is 3. The van der Waals surface area contributed by atoms with Crippen LogP contribution in [0.25, 0.3) is 0 Å². The number of benzene rings is 2. The van der Waals surface area contributed by atoms with E-state index >= 15 is 0 Å². The van der Waals surface area contributed by atoms with E-state index in [-0.39, 0.29) is 35.2 Å². The maximum Gasteiger partial charge on any atom is 0.274 e. The monoisotopic (exact) mass is 485 g/mol. The van der Waals surface area contributed by atoms with E-state index in [0.29, 0.717) is 31.1 Å². The summed E-state index contributed by atoms with van der Waals surface area (Å²) >= 11 is 0. The molecule has 180 valence electrons. The first-order valence-corrected chi connectivity index (χ1v) is 12.6. The number of aromatic nitrogens is 2. The van der Waals surface area contributed by atoms with E-state index in [1.165, 1.54) is 33.8 Å². The van der Waals surface area contributed by atoms with E-state index in [4.69, 9.17) is 9.47 Å². The van der Waals surface area contributed by atoms with Gasteiger partial charge in [-0.3, -0.25) is 9.59 Å². The Bertz CT molecular complexity index is 1280. The van der Waals surface area contributed by atoms with Crippen LogP contribution in [-0.4, -0.2) is 62.1 Å². The fraction of sp³-hybridized carbons (Fsp3) is 0.292. The van der Waals surface area contributed by atoms with Crippen LogP contribution in [0.3, 0.4) is 0 Å². The van der Waals surface area contributed by atoms with Crippen LogP contribution in [0.5, 0.6) is 11.5 Å². The second-order valence-electron chi connectivity index (χ2n) is 7.62. The number of carbonyl (C=O) groups is 1. The van der Waals surface area contributed by atoms with Crippen LogP contribution in [0, 0.1) is 0 Å². The van der Waals surface area contributed by atoms with Crippen LogP contribution in [-0.2, 0) is 16.4 Å². The Morgan fingerprint density at radius 1 is 0.971 bits per heavy atom. The van der Waals surface area contributed by atoms with Crippen molar-refractivity contribution in [2.75, 3.05) is 33.1 Å². The van der Waals surface area contributed by atoms with Gasteiger partial charge in [0.25, 0.3) is 11.5 Å². The highest BCUT2D eigenvalue weighted by atomic mass is 32.2. The van der Waals surface area contributed by atoms with Gasteiger partial charge in [0.2, 0.25) is 0 Å². The van der Waals surface area contributed by atoms with Gasteiger partial charge in [-0.05, 0) is 42.8 Å². The quantitative estimate of drug-likeness (QED) is 0.383. The SMILES string of the molecule is CN(CCCOc1cccc(S(C)(=O)=O)c1)C(=O)c1ccc(=O)n(CCOc2ccccc2)n1. The number of sulfone groups is 1. The van der Waals surface area contributed by atoms with Crippen LogP contribution >= 0.6 is 0 Å². The van der Waals surface area contributed by atoms with Crippen molar-refractivity contribution in [1.82, 2.24) is 14.7 Å². The Kier molecular flexibility index (Phi) is 8.42. The number of para-hydroxylation sites is 1. The molecule has 34 heavy (non-hydrogen) atoms. The van der Waals surface area contributed by atoms with E-state index in [0.717, 1.165) is 6.26 Å². The number of hydrogen-bond acceptors (Lipinski definition) is 7. The molecule has 0 fully saturated rings. The average Bonchev–Trinajstić information content (AvgIpc) is 2.83. The van der Waals surface area contributed by atoms with Gasteiger partial charge in [-0.25, -0.2) is 13.1 Å². The molecule has 0 spiro atoms. The largest absolute Gasteiger partial charge is 0.493 e. The van der Waals surface area contributed by atoms with Crippen LogP contribution in [0.1, 0.15) is 16.9 Å². The zero-order valence-corrected chi connectivity index (χ0v) is 19.9. The minimum Gasteiger partial charge on any atom is -0.493 e. The van der Waals surface area contributed by atoms with Gasteiger partial charge in [0.15, 0.2) is 9.84 Å². The van der Waals surface area contributed by atoms with Crippen molar-refractivity contribution in [3.05, 3.63) is 82.8 Å². The summed E-state index contributed by atoms with van der Waals surface area (Å²) in [5.74, 6) is 0.813. The zero-order valence-electron chi connectivity index (χ0n) is 19.1. The number of ether oxygens (including phenoxy) is 2. The number of amides is 1. The second kappa shape index (κ2) is 11.5. The molecule has 9 nitrogen and oxygen atoms in total. The topological polar surface area (TPSA) is 108 Å². The summed E-state index contributed by atoms with van der Waals surface area (Å²) in [6, 6.07) is 18.2. The molecule has 0 radical (unpaired) electrons. The van der Waals surface area contributed by atoms with Crippen molar-refractivity contribution in [2.45, 2.75) is 17.9 Å². The molecule has 10 heteroatoms. The highest BCUT2D eigenvalue weighted by Gasteiger charge is 2.15. The van der Waals surface area contributed by atoms with E-state index in [9.17, 15) is 18.0 Å². The summed E-state index contributed by atoms with van der Waals surface area (Å²) in [6.45, 7) is 1.14. The lowest BCUT2D eigenvalue weighted by atomic mass is 10.3. The summed E-state index contributed by atoms with van der Waals surface area (Å²) in [5, 5.41) is 4.18. The molecular weight excluding hydrogens is 458 g/mol. The molecule has 3 rings (SSSR count). The van der Waals surface area contributed by atoms with Gasteiger partial charge in [0.1, 0.15) is 23.8 Å². The Morgan fingerprint density at radius 3 is 2.41 bits per heavy atom. The smallest absolute Gasteiger partial charge is 0.274 e. The fourth-order valence-corrected chi connectivity index (χ4v) is 3.73. The Balaban J connectivity index is 1.50. The zero-order chi connectivity index (χ0) is 24.6. The van der Waals surface area contributed by atoms with Gasteiger partial charge >= 0.3 is 0 Å². The molecule has 0 saturated heterocycles. The lowest BCUT2D eigenvalue weighted by Crippen LogP contribution is -2.33. The highest BCUT2D eigenvalue weighted by molar-refractivity contribution is 7.90. The van der Waals surface area contributed by atoms with Crippen LogP contribution in [0.2, 0.25) is 0 Å². The molecule has 3 aromatic rings. The van der Waals surface area contributed by atoms with Gasteiger partial charge in [-0.1, -0.05) is 24.3 Å². The third kappa shape index (κ3) is 7.17. The van der Waals surface area contributed by atoms with Crippen molar-refractivity contribution >= 4 is 15.7 Å². The van der Waals surface area contributed by atoms with Gasteiger partial charge in [0.05, 0.1) is 18.0 Å². The molecule has 0 aliphatic heterocycles. The Labute approximate surface area is 198 Å². The van der Waals surface area contributed by atoms with Crippen molar-refractivity contribution in [1.29, 1.82) is 0 Å². The van der Waals surface area contributed by atoms with E-state index in [1.54, 1.807) is 19.2 Å². The van der Waals surface area contributed by atoms with E-state index in [1.807, 2.05) is 30.3 Å². The number of rotatable bonds is 11. The molecular formula is C24H27N3O6S. The molecule has 0 bridgehead atoms. The maximum absolute atomic E-state index is 12.7. The van der Waals surface area contributed by atoms with Crippen LogP contribution in [0.4, 0.5) is 0 Å². The summed E-state index contributed by atoms with van der Waals surface area (Å²) in [4.78, 5) is 26.5. The summed E-state index contributed by atoms with van der Waals surface area (Å²) in [7, 11) is -1.67. The third-order valence-electron chi connectivity index (χ3n) is 4.89. The predicted molar refractivity (Wildman–Crippen MR) is 127 cm³/mol. The molecule has 2 aromatic carbocycles. The average molecular weight is 486 g/mol. The second-order valence-corrected chi connectivity index (χ2v) is 9.63. The van der Waals surface area contributed by atoms with Gasteiger partial charge in [-0.2, -0.15) is 5.10 Å². The molecule has 1 heterocycles. The summed E-state index contributed by atoms with van der Waals surface area (Å²) in [6.07, 6.45) is 1.66. The number of carbonyl (C=O) groups excluding carboxylic acids is 1. The van der Waals surface area contributed by atoms with Crippen LogP contribution in [0.15, 0.2) is 76.4 Å². The minimum absolute atomic E-state index is 0.156. The molecule has 0 saturated carbocycles. The Morgan fingerprint density at radius 2 is 1.68 bits per heavy atom. The first-order valence-electron chi connectivity index (χ1n) is 10.7. The van der Waals surface area contributed by atoms with Crippen molar-refractivity contribution in [3.63, 3.8) is 0 Å². The van der Waals surface area contributed by atoms with Gasteiger partial charge < -0.3 is 14.4 Å². The van der Waals surface area contributed by atoms with Crippen molar-refractivity contribution in [2.24, 2.45) is 0 Å². The van der Waals surface area contributed by atoms with E-state index < -0.39 is 9.84 Å². The molecule has 0 aliphatic rings. The lowest BCUT2D eigenvalue weighted by Gasteiger charge is -2.17. The molecule has 1 aromatic heterocycles. The summed E-state index contributed by atoms with van der Waals surface area (Å²) < 4.78 is 35.7.